The van der Waals surface area contributed by atoms with E-state index in [9.17, 15) is 0 Å². The smallest absolute Gasteiger partial charge is 0.161 e. The normalized spacial score (nSPS) is 9.77. The van der Waals surface area contributed by atoms with Crippen molar-refractivity contribution >= 4 is 22.5 Å². The van der Waals surface area contributed by atoms with E-state index in [-0.39, 0.29) is 0 Å². The van der Waals surface area contributed by atoms with Crippen LogP contribution in [0.5, 0.6) is 11.5 Å². The van der Waals surface area contributed by atoms with Crippen LogP contribution >= 0.6 is 22.5 Å². The summed E-state index contributed by atoms with van der Waals surface area (Å²) in [5, 5.41) is 0. The monoisotopic (exact) mass is 216 g/mol. The van der Waals surface area contributed by atoms with Crippen molar-refractivity contribution in [2.45, 2.75) is 5.75 Å². The van der Waals surface area contributed by atoms with E-state index >= 15 is 0 Å². The Morgan fingerprint density at radius 3 is 2.46 bits per heavy atom. The van der Waals surface area contributed by atoms with Crippen molar-refractivity contribution in [3.8, 4) is 11.5 Å². The summed E-state index contributed by atoms with van der Waals surface area (Å²) in [5.74, 6) is 2.39. The second-order valence-corrected chi connectivity index (χ2v) is 3.78. The molecule has 72 valence electrons. The van der Waals surface area contributed by atoms with Gasteiger partial charge in [-0.2, -0.15) is 0 Å². The molecule has 0 spiro atoms. The van der Waals surface area contributed by atoms with Gasteiger partial charge in [-0.25, -0.2) is 0 Å². The van der Waals surface area contributed by atoms with Gasteiger partial charge in [-0.1, -0.05) is 16.9 Å². The molecule has 1 aromatic rings. The summed E-state index contributed by atoms with van der Waals surface area (Å²) in [4.78, 5) is 0. The standard InChI is InChI=1S/C9H12O2S2/c1-10-8-4-3-7(6-13-12)5-9(8)11-2/h3-5,12H,6H2,1-2H3. The van der Waals surface area contributed by atoms with Crippen LogP contribution in [0.4, 0.5) is 0 Å². The van der Waals surface area contributed by atoms with Crippen LogP contribution in [-0.2, 0) is 5.75 Å². The third kappa shape index (κ3) is 2.74. The number of hydrogen-bond acceptors (Lipinski definition) is 4. The van der Waals surface area contributed by atoms with Gasteiger partial charge >= 0.3 is 0 Å². The van der Waals surface area contributed by atoms with Gasteiger partial charge in [-0.15, -0.1) is 11.7 Å². The minimum atomic E-state index is 0.760. The molecule has 2 nitrogen and oxygen atoms in total. The lowest BCUT2D eigenvalue weighted by molar-refractivity contribution is 0.354. The quantitative estimate of drug-likeness (QED) is 0.616. The summed E-state index contributed by atoms with van der Waals surface area (Å²) in [6.45, 7) is 0. The Hall–Kier alpha value is -0.480. The van der Waals surface area contributed by atoms with Crippen molar-refractivity contribution in [2.75, 3.05) is 14.2 Å². The number of methoxy groups -OCH3 is 2. The molecule has 0 amide bonds. The molecule has 0 aliphatic rings. The Morgan fingerprint density at radius 1 is 1.23 bits per heavy atom. The number of hydrogen-bond donors (Lipinski definition) is 1. The molecule has 0 heterocycles. The van der Waals surface area contributed by atoms with Crippen molar-refractivity contribution < 1.29 is 9.47 Å². The summed E-state index contributed by atoms with van der Waals surface area (Å²) in [6.07, 6.45) is 0. The number of thiol groups is 1. The summed E-state index contributed by atoms with van der Waals surface area (Å²) in [7, 11) is 4.75. The molecule has 0 fully saturated rings. The molecule has 0 unspecified atom stereocenters. The average Bonchev–Trinajstić information content (AvgIpc) is 2.18. The fourth-order valence-corrected chi connectivity index (χ4v) is 1.82. The van der Waals surface area contributed by atoms with Gasteiger partial charge in [0.2, 0.25) is 0 Å². The molecule has 0 saturated carbocycles. The van der Waals surface area contributed by atoms with Gasteiger partial charge in [0.25, 0.3) is 0 Å². The molecule has 0 aliphatic carbocycles. The van der Waals surface area contributed by atoms with E-state index in [4.69, 9.17) is 9.47 Å². The Bertz CT molecular complexity index is 276. The highest BCUT2D eigenvalue weighted by molar-refractivity contribution is 8.68. The molecule has 0 radical (unpaired) electrons. The Kier molecular flexibility index (Phi) is 4.32. The maximum atomic E-state index is 5.16. The largest absolute Gasteiger partial charge is 0.493 e. The van der Waals surface area contributed by atoms with E-state index in [1.807, 2.05) is 18.2 Å². The minimum Gasteiger partial charge on any atom is -0.493 e. The van der Waals surface area contributed by atoms with Gasteiger partial charge in [0, 0.05) is 5.75 Å². The molecule has 1 aromatic carbocycles. The Morgan fingerprint density at radius 2 is 1.92 bits per heavy atom. The zero-order valence-corrected chi connectivity index (χ0v) is 9.32. The molecule has 13 heavy (non-hydrogen) atoms. The van der Waals surface area contributed by atoms with Gasteiger partial charge in [-0.05, 0) is 17.7 Å². The maximum Gasteiger partial charge on any atom is 0.161 e. The average molecular weight is 216 g/mol. The van der Waals surface area contributed by atoms with Crippen LogP contribution in [-0.4, -0.2) is 14.2 Å². The fourth-order valence-electron chi connectivity index (χ4n) is 1.04. The molecule has 0 saturated heterocycles. The first-order valence-electron chi connectivity index (χ1n) is 3.79. The predicted octanol–water partition coefficient (Wildman–Crippen LogP) is 2.78. The van der Waals surface area contributed by atoms with E-state index in [0.29, 0.717) is 0 Å². The molecule has 0 aliphatic heterocycles. The molecule has 0 bridgehead atoms. The summed E-state index contributed by atoms with van der Waals surface area (Å²) < 4.78 is 10.3. The van der Waals surface area contributed by atoms with E-state index < -0.39 is 0 Å². The highest BCUT2D eigenvalue weighted by atomic mass is 33.1. The molecule has 0 atom stereocenters. The highest BCUT2D eigenvalue weighted by Gasteiger charge is 2.03. The zero-order chi connectivity index (χ0) is 9.68. The van der Waals surface area contributed by atoms with Gasteiger partial charge in [-0.3, -0.25) is 0 Å². The van der Waals surface area contributed by atoms with E-state index in [1.165, 1.54) is 16.4 Å². The van der Waals surface area contributed by atoms with Gasteiger partial charge in [0.05, 0.1) is 14.2 Å². The van der Waals surface area contributed by atoms with E-state index in [1.54, 1.807) is 14.2 Å². The molecule has 4 heteroatoms. The number of ether oxygens (including phenoxy) is 2. The lowest BCUT2D eigenvalue weighted by Crippen LogP contribution is -1.91. The van der Waals surface area contributed by atoms with Crippen LogP contribution in [0, 0.1) is 0 Å². The third-order valence-electron chi connectivity index (χ3n) is 1.68. The lowest BCUT2D eigenvalue weighted by Gasteiger charge is -2.08. The van der Waals surface area contributed by atoms with E-state index in [0.717, 1.165) is 17.3 Å². The van der Waals surface area contributed by atoms with Gasteiger partial charge < -0.3 is 9.47 Å². The summed E-state index contributed by atoms with van der Waals surface area (Å²) in [5.41, 5.74) is 1.18. The molecule has 0 N–H and O–H groups in total. The van der Waals surface area contributed by atoms with Crippen LogP contribution in [0.25, 0.3) is 0 Å². The first-order chi connectivity index (χ1) is 6.31. The topological polar surface area (TPSA) is 18.5 Å². The SMILES string of the molecule is COc1ccc(CSS)cc1OC. The van der Waals surface area contributed by atoms with Crippen LogP contribution in [0.2, 0.25) is 0 Å². The molecular formula is C9H12O2S2. The maximum absolute atomic E-state index is 5.16. The predicted molar refractivity (Wildman–Crippen MR) is 59.8 cm³/mol. The Balaban J connectivity index is 2.91. The van der Waals surface area contributed by atoms with Gasteiger partial charge in [0.15, 0.2) is 11.5 Å². The van der Waals surface area contributed by atoms with Crippen molar-refractivity contribution in [3.05, 3.63) is 23.8 Å². The van der Waals surface area contributed by atoms with Crippen molar-refractivity contribution in [1.29, 1.82) is 0 Å². The minimum absolute atomic E-state index is 0.760. The second-order valence-electron chi connectivity index (χ2n) is 2.46. The molecule has 1 rings (SSSR count). The van der Waals surface area contributed by atoms with Crippen LogP contribution in [0.15, 0.2) is 18.2 Å². The van der Waals surface area contributed by atoms with Crippen LogP contribution in [0.3, 0.4) is 0 Å². The summed E-state index contributed by atoms with van der Waals surface area (Å²) >= 11 is 4.09. The zero-order valence-electron chi connectivity index (χ0n) is 7.61. The first kappa shape index (κ1) is 10.6. The first-order valence-corrected chi connectivity index (χ1v) is 5.83. The van der Waals surface area contributed by atoms with Crippen molar-refractivity contribution in [1.82, 2.24) is 0 Å². The molecule has 0 aromatic heterocycles. The number of rotatable bonds is 4. The molecular weight excluding hydrogens is 204 g/mol. The fraction of sp³-hybridized carbons (Fsp3) is 0.333. The highest BCUT2D eigenvalue weighted by Crippen LogP contribution is 2.29. The van der Waals surface area contributed by atoms with Crippen molar-refractivity contribution in [2.24, 2.45) is 0 Å². The van der Waals surface area contributed by atoms with Gasteiger partial charge in [0.1, 0.15) is 0 Å². The van der Waals surface area contributed by atoms with Crippen molar-refractivity contribution in [3.63, 3.8) is 0 Å². The lowest BCUT2D eigenvalue weighted by atomic mass is 10.2. The number of benzene rings is 1. The Labute approximate surface area is 87.4 Å². The summed E-state index contributed by atoms with van der Waals surface area (Å²) in [6, 6.07) is 5.87. The van der Waals surface area contributed by atoms with Crippen LogP contribution < -0.4 is 9.47 Å². The van der Waals surface area contributed by atoms with E-state index in [2.05, 4.69) is 11.7 Å². The second kappa shape index (κ2) is 5.29. The van der Waals surface area contributed by atoms with Crippen LogP contribution in [0.1, 0.15) is 5.56 Å². The third-order valence-corrected chi connectivity index (χ3v) is 2.53.